The van der Waals surface area contributed by atoms with E-state index in [9.17, 15) is 0 Å². The van der Waals surface area contributed by atoms with Crippen molar-refractivity contribution in [1.82, 2.24) is 9.88 Å². The third-order valence-electron chi connectivity index (χ3n) is 4.15. The highest BCUT2D eigenvalue weighted by atomic mass is 35.5. The quantitative estimate of drug-likeness (QED) is 0.666. The molecular weight excluding hydrogens is 352 g/mol. The lowest BCUT2D eigenvalue weighted by Crippen LogP contribution is -2.18. The Kier molecular flexibility index (Phi) is 4.82. The van der Waals surface area contributed by atoms with Crippen LogP contribution in [0.4, 0.5) is 0 Å². The van der Waals surface area contributed by atoms with E-state index in [2.05, 4.69) is 16.0 Å². The van der Waals surface area contributed by atoms with Gasteiger partial charge in [-0.15, -0.1) is 0 Å². The summed E-state index contributed by atoms with van der Waals surface area (Å²) >= 11 is 5.92. The molecule has 0 saturated heterocycles. The minimum atomic E-state index is 0.593. The number of halogens is 1. The molecule has 1 aliphatic heterocycles. The maximum atomic E-state index is 5.92. The van der Waals surface area contributed by atoms with Crippen molar-refractivity contribution in [2.75, 3.05) is 20.3 Å². The maximum Gasteiger partial charge on any atom is 0.209 e. The summed E-state index contributed by atoms with van der Waals surface area (Å²) < 4.78 is 17.1. The summed E-state index contributed by atoms with van der Waals surface area (Å²) in [5, 5.41) is 0.702. The van der Waals surface area contributed by atoms with Gasteiger partial charge in [-0.25, -0.2) is 4.98 Å². The van der Waals surface area contributed by atoms with Crippen molar-refractivity contribution in [2.45, 2.75) is 13.1 Å². The minimum Gasteiger partial charge on any atom is -0.486 e. The third kappa shape index (κ3) is 3.84. The molecule has 5 nitrogen and oxygen atoms in total. The fourth-order valence-corrected chi connectivity index (χ4v) is 3.04. The largest absolute Gasteiger partial charge is 0.486 e. The molecule has 1 aromatic heterocycles. The van der Waals surface area contributed by atoms with Crippen molar-refractivity contribution in [2.24, 2.45) is 0 Å². The highest BCUT2D eigenvalue weighted by Gasteiger charge is 2.14. The number of hydrogen-bond donors (Lipinski definition) is 0. The Balaban J connectivity index is 1.40. The summed E-state index contributed by atoms with van der Waals surface area (Å²) in [6.45, 7) is 2.57. The van der Waals surface area contributed by atoms with E-state index in [4.69, 9.17) is 25.5 Å². The Hall–Kier alpha value is -2.50. The first-order chi connectivity index (χ1) is 12.7. The van der Waals surface area contributed by atoms with Gasteiger partial charge in [-0.3, -0.25) is 4.90 Å². The number of benzene rings is 2. The number of rotatable bonds is 5. The Morgan fingerprint density at radius 3 is 2.58 bits per heavy atom. The first kappa shape index (κ1) is 16.9. The van der Waals surface area contributed by atoms with Gasteiger partial charge in [-0.2, -0.15) is 0 Å². The lowest BCUT2D eigenvalue weighted by atomic mass is 10.2. The summed E-state index contributed by atoms with van der Waals surface area (Å²) in [4.78, 5) is 6.52. The van der Waals surface area contributed by atoms with Crippen molar-refractivity contribution in [3.8, 4) is 22.8 Å². The molecule has 0 radical (unpaired) electrons. The van der Waals surface area contributed by atoms with Crippen molar-refractivity contribution in [1.29, 1.82) is 0 Å². The van der Waals surface area contributed by atoms with Crippen LogP contribution in [0, 0.1) is 0 Å². The highest BCUT2D eigenvalue weighted by molar-refractivity contribution is 6.30. The van der Waals surface area contributed by atoms with Crippen molar-refractivity contribution >= 4 is 11.6 Å². The van der Waals surface area contributed by atoms with Crippen molar-refractivity contribution < 1.29 is 13.9 Å². The molecule has 0 saturated carbocycles. The normalized spacial score (nSPS) is 13.2. The van der Waals surface area contributed by atoms with Crippen LogP contribution in [0.1, 0.15) is 11.5 Å². The molecule has 0 spiro atoms. The van der Waals surface area contributed by atoms with Gasteiger partial charge in [-0.1, -0.05) is 17.7 Å². The average Bonchev–Trinajstić information content (AvgIpc) is 3.10. The van der Waals surface area contributed by atoms with Gasteiger partial charge in [0, 0.05) is 17.1 Å². The molecule has 3 aromatic rings. The molecule has 0 unspecified atom stereocenters. The van der Waals surface area contributed by atoms with E-state index in [1.807, 2.05) is 43.4 Å². The first-order valence-corrected chi connectivity index (χ1v) is 8.83. The molecule has 4 rings (SSSR count). The number of hydrogen-bond acceptors (Lipinski definition) is 5. The molecule has 0 N–H and O–H groups in total. The van der Waals surface area contributed by atoms with Crippen molar-refractivity contribution in [3.63, 3.8) is 0 Å². The highest BCUT2D eigenvalue weighted by Crippen LogP contribution is 2.31. The molecule has 6 heteroatoms. The fraction of sp³-hybridized carbons (Fsp3) is 0.250. The minimum absolute atomic E-state index is 0.593. The van der Waals surface area contributed by atoms with E-state index in [-0.39, 0.29) is 0 Å². The van der Waals surface area contributed by atoms with Gasteiger partial charge in [0.1, 0.15) is 13.2 Å². The Morgan fingerprint density at radius 1 is 1.00 bits per heavy atom. The van der Waals surface area contributed by atoms with Gasteiger partial charge < -0.3 is 13.9 Å². The first-order valence-electron chi connectivity index (χ1n) is 8.45. The monoisotopic (exact) mass is 370 g/mol. The molecule has 134 valence electrons. The third-order valence-corrected chi connectivity index (χ3v) is 4.40. The van der Waals surface area contributed by atoms with Gasteiger partial charge in [0.15, 0.2) is 17.3 Å². The number of aromatic nitrogens is 1. The Bertz CT molecular complexity index is 892. The smallest absolute Gasteiger partial charge is 0.209 e. The second-order valence-corrected chi connectivity index (χ2v) is 6.71. The van der Waals surface area contributed by atoms with Crippen LogP contribution in [-0.2, 0) is 13.1 Å². The standard InChI is InChI=1S/C20H19ClN2O3/c1-23(12-14-2-7-17-18(10-14)25-9-8-24-17)13-20-22-11-19(26-20)15-3-5-16(21)6-4-15/h2-7,10-11H,8-9,12-13H2,1H3. The number of oxazole rings is 1. The van der Waals surface area contributed by atoms with Crippen LogP contribution in [0.15, 0.2) is 53.1 Å². The van der Waals surface area contributed by atoms with E-state index in [0.717, 1.165) is 34.9 Å². The zero-order chi connectivity index (χ0) is 17.9. The second-order valence-electron chi connectivity index (χ2n) is 6.28. The van der Waals surface area contributed by atoms with Crippen molar-refractivity contribution in [3.05, 3.63) is 65.1 Å². The lowest BCUT2D eigenvalue weighted by molar-refractivity contribution is 0.171. The van der Waals surface area contributed by atoms with E-state index < -0.39 is 0 Å². The van der Waals surface area contributed by atoms with Crippen LogP contribution in [0.2, 0.25) is 5.02 Å². The summed E-state index contributed by atoms with van der Waals surface area (Å²) in [6.07, 6.45) is 1.75. The summed E-state index contributed by atoms with van der Waals surface area (Å²) in [7, 11) is 2.03. The fourth-order valence-electron chi connectivity index (χ4n) is 2.92. The van der Waals surface area contributed by atoms with Crippen LogP contribution >= 0.6 is 11.6 Å². The Morgan fingerprint density at radius 2 is 1.77 bits per heavy atom. The molecule has 1 aliphatic rings. The molecule has 2 heterocycles. The van der Waals surface area contributed by atoms with Gasteiger partial charge in [-0.05, 0) is 49.0 Å². The maximum absolute atomic E-state index is 5.92. The molecule has 0 bridgehead atoms. The van der Waals surface area contributed by atoms with E-state index >= 15 is 0 Å². The van der Waals surface area contributed by atoms with Gasteiger partial charge in [0.2, 0.25) is 5.89 Å². The average molecular weight is 371 g/mol. The van der Waals surface area contributed by atoms with E-state index in [1.165, 1.54) is 0 Å². The summed E-state index contributed by atoms with van der Waals surface area (Å²) in [5.74, 6) is 3.03. The molecular formula is C20H19ClN2O3. The molecule has 0 aliphatic carbocycles. The topological polar surface area (TPSA) is 47.7 Å². The Labute approximate surface area is 157 Å². The van der Waals surface area contributed by atoms with Gasteiger partial charge in [0.05, 0.1) is 12.7 Å². The number of ether oxygens (including phenoxy) is 2. The predicted octanol–water partition coefficient (Wildman–Crippen LogP) is 4.40. The summed E-state index contributed by atoms with van der Waals surface area (Å²) in [6, 6.07) is 13.6. The summed E-state index contributed by atoms with van der Waals surface area (Å²) in [5.41, 5.74) is 2.11. The lowest BCUT2D eigenvalue weighted by Gasteiger charge is -2.20. The molecule has 0 atom stereocenters. The molecule has 2 aromatic carbocycles. The SMILES string of the molecule is CN(Cc1ccc2c(c1)OCCO2)Cc1ncc(-c2ccc(Cl)cc2)o1. The van der Waals surface area contributed by atoms with Crippen LogP contribution in [-0.4, -0.2) is 30.1 Å². The zero-order valence-electron chi connectivity index (χ0n) is 14.4. The second kappa shape index (κ2) is 7.40. The van der Waals surface area contributed by atoms with Crippen LogP contribution in [0.5, 0.6) is 11.5 Å². The zero-order valence-corrected chi connectivity index (χ0v) is 15.2. The molecule has 0 amide bonds. The number of fused-ring (bicyclic) bond motifs is 1. The molecule has 0 fully saturated rings. The van der Waals surface area contributed by atoms with Gasteiger partial charge >= 0.3 is 0 Å². The van der Waals surface area contributed by atoms with Crippen LogP contribution < -0.4 is 9.47 Å². The predicted molar refractivity (Wildman–Crippen MR) is 99.6 cm³/mol. The van der Waals surface area contributed by atoms with Gasteiger partial charge in [0.25, 0.3) is 0 Å². The van der Waals surface area contributed by atoms with E-state index in [1.54, 1.807) is 6.20 Å². The molecule has 26 heavy (non-hydrogen) atoms. The van der Waals surface area contributed by atoms with Crippen LogP contribution in [0.25, 0.3) is 11.3 Å². The number of nitrogens with zero attached hydrogens (tertiary/aromatic N) is 2. The van der Waals surface area contributed by atoms with E-state index in [0.29, 0.717) is 30.7 Å². The van der Waals surface area contributed by atoms with Crippen LogP contribution in [0.3, 0.4) is 0 Å².